The highest BCUT2D eigenvalue weighted by molar-refractivity contribution is 7.89. The fraction of sp³-hybridized carbons (Fsp3) is 0.167. The summed E-state index contributed by atoms with van der Waals surface area (Å²) in [7, 11) is -4.30. The monoisotopic (exact) mass is 520 g/mol. The average Bonchev–Trinajstić information content (AvgIpc) is 3.22. The van der Waals surface area contributed by atoms with Crippen LogP contribution in [0.15, 0.2) is 94.8 Å². The maximum absolute atomic E-state index is 13.8. The first kappa shape index (κ1) is 23.8. The van der Waals surface area contributed by atoms with Gasteiger partial charge in [-0.2, -0.15) is 0 Å². The summed E-state index contributed by atoms with van der Waals surface area (Å²) in [5.74, 6) is -0.774. The number of halogens is 3. The number of rotatable bonds is 5. The van der Waals surface area contributed by atoms with Gasteiger partial charge in [0.1, 0.15) is 12.1 Å². The molecule has 0 radical (unpaired) electrons. The summed E-state index contributed by atoms with van der Waals surface area (Å²) in [6.07, 6.45) is 0. The Labute approximate surface area is 207 Å². The van der Waals surface area contributed by atoms with Crippen LogP contribution in [0.1, 0.15) is 27.5 Å². The molecule has 0 amide bonds. The van der Waals surface area contributed by atoms with Crippen LogP contribution < -0.4 is 0 Å². The highest BCUT2D eigenvalue weighted by Gasteiger charge is 2.53. The molecule has 1 aliphatic heterocycles. The molecule has 1 heterocycles. The summed E-state index contributed by atoms with van der Waals surface area (Å²) in [5.41, 5.74) is 1.83. The molecule has 0 saturated heterocycles. The van der Waals surface area contributed by atoms with E-state index in [1.54, 1.807) is 66.7 Å². The van der Waals surface area contributed by atoms with Crippen LogP contribution in [-0.4, -0.2) is 34.2 Å². The van der Waals surface area contributed by atoms with Gasteiger partial charge in [-0.1, -0.05) is 113 Å². The quantitative estimate of drug-likeness (QED) is 0.317. The lowest BCUT2D eigenvalue weighted by Gasteiger charge is -2.30. The van der Waals surface area contributed by atoms with Crippen LogP contribution in [0, 0.1) is 6.92 Å². The van der Waals surface area contributed by atoms with Crippen molar-refractivity contribution >= 4 is 56.4 Å². The van der Waals surface area contributed by atoms with Crippen LogP contribution in [0.25, 0.3) is 0 Å². The molecule has 0 aromatic heterocycles. The van der Waals surface area contributed by atoms with Crippen molar-refractivity contribution in [2.24, 2.45) is 4.99 Å². The van der Waals surface area contributed by atoms with Gasteiger partial charge >= 0.3 is 0 Å². The second-order valence-corrected chi connectivity index (χ2v) is 11.7. The molecule has 2 atom stereocenters. The highest BCUT2D eigenvalue weighted by Crippen LogP contribution is 2.43. The standard InChI is InChI=1S/C24H19Cl3N2O3S/c1-16-12-14-19(15-13-16)33(31,32)29-21(22(30)18-10-6-3-7-11-18)20(17-8-4-2-5-9-17)28-23(29)24(25,26)27/h2-15,20-21H,1H3/t20-,21+/m1/s1. The number of amidine groups is 1. The van der Waals surface area contributed by atoms with Crippen LogP contribution in [-0.2, 0) is 10.0 Å². The Hall–Kier alpha value is -2.38. The zero-order chi connectivity index (χ0) is 23.8. The van der Waals surface area contributed by atoms with Crippen molar-refractivity contribution in [3.63, 3.8) is 0 Å². The highest BCUT2D eigenvalue weighted by atomic mass is 35.6. The Morgan fingerprint density at radius 3 is 1.97 bits per heavy atom. The molecule has 4 rings (SSSR count). The first-order chi connectivity index (χ1) is 15.6. The lowest BCUT2D eigenvalue weighted by atomic mass is 9.94. The Morgan fingerprint density at radius 1 is 0.879 bits per heavy atom. The van der Waals surface area contributed by atoms with E-state index in [2.05, 4.69) is 4.99 Å². The number of hydrogen-bond donors (Lipinski definition) is 0. The molecule has 0 spiro atoms. The van der Waals surface area contributed by atoms with Crippen LogP contribution in [0.5, 0.6) is 0 Å². The number of hydrogen-bond acceptors (Lipinski definition) is 4. The van der Waals surface area contributed by atoms with Crippen molar-refractivity contribution in [3.05, 3.63) is 102 Å². The third kappa shape index (κ3) is 4.66. The van der Waals surface area contributed by atoms with Gasteiger partial charge < -0.3 is 0 Å². The van der Waals surface area contributed by atoms with Crippen LogP contribution in [0.2, 0.25) is 0 Å². The molecular formula is C24H19Cl3N2O3S. The van der Waals surface area contributed by atoms with Crippen molar-refractivity contribution in [2.45, 2.75) is 27.7 Å². The average molecular weight is 522 g/mol. The molecule has 9 heteroatoms. The maximum atomic E-state index is 13.8. The first-order valence-electron chi connectivity index (χ1n) is 10.0. The molecule has 0 bridgehead atoms. The van der Waals surface area contributed by atoms with Crippen molar-refractivity contribution in [1.82, 2.24) is 4.31 Å². The van der Waals surface area contributed by atoms with Crippen LogP contribution >= 0.6 is 34.8 Å². The lowest BCUT2D eigenvalue weighted by Crippen LogP contribution is -2.49. The molecule has 0 saturated carbocycles. The van der Waals surface area contributed by atoms with Gasteiger partial charge in [-0.3, -0.25) is 9.79 Å². The number of aryl methyl sites for hydroxylation is 1. The SMILES string of the molecule is Cc1ccc(S(=O)(=O)N2C(C(Cl)(Cl)Cl)=N[C@H](c3ccccc3)[C@H]2C(=O)c2ccccc2)cc1. The lowest BCUT2D eigenvalue weighted by molar-refractivity contribution is 0.0915. The number of ketones is 1. The minimum atomic E-state index is -4.30. The van der Waals surface area contributed by atoms with Gasteiger partial charge in [0.25, 0.3) is 10.0 Å². The summed E-state index contributed by atoms with van der Waals surface area (Å²) >= 11 is 18.6. The number of carbonyl (C=O) groups excluding carboxylic acids is 1. The normalized spacial score (nSPS) is 18.8. The fourth-order valence-corrected chi connectivity index (χ4v) is 5.93. The van der Waals surface area contributed by atoms with E-state index in [4.69, 9.17) is 34.8 Å². The minimum absolute atomic E-state index is 0.0328. The Morgan fingerprint density at radius 2 is 1.42 bits per heavy atom. The van der Waals surface area contributed by atoms with Crippen molar-refractivity contribution in [1.29, 1.82) is 0 Å². The number of carbonyl (C=O) groups is 1. The van der Waals surface area contributed by atoms with E-state index in [0.717, 1.165) is 9.87 Å². The van der Waals surface area contributed by atoms with Gasteiger partial charge in [0.15, 0.2) is 11.6 Å². The molecule has 0 fully saturated rings. The minimum Gasteiger partial charge on any atom is -0.292 e. The Balaban J connectivity index is 1.94. The van der Waals surface area contributed by atoms with E-state index in [-0.39, 0.29) is 10.7 Å². The molecule has 33 heavy (non-hydrogen) atoms. The van der Waals surface area contributed by atoms with E-state index in [9.17, 15) is 13.2 Å². The summed E-state index contributed by atoms with van der Waals surface area (Å²) in [5, 5.41) is 0. The predicted molar refractivity (Wildman–Crippen MR) is 132 cm³/mol. The summed E-state index contributed by atoms with van der Waals surface area (Å²) in [6.45, 7) is 1.84. The zero-order valence-corrected chi connectivity index (χ0v) is 20.5. The molecule has 0 aliphatic carbocycles. The number of aliphatic imine (C=N–C) groups is 1. The first-order valence-corrected chi connectivity index (χ1v) is 12.6. The van der Waals surface area contributed by atoms with Gasteiger partial charge in [-0.15, -0.1) is 0 Å². The largest absolute Gasteiger partial charge is 0.292 e. The number of sulfonamides is 1. The number of nitrogens with zero attached hydrogens (tertiary/aromatic N) is 2. The molecule has 0 N–H and O–H groups in total. The van der Waals surface area contributed by atoms with E-state index in [1.165, 1.54) is 12.1 Å². The van der Waals surface area contributed by atoms with Crippen molar-refractivity contribution in [2.75, 3.05) is 0 Å². The smallest absolute Gasteiger partial charge is 0.266 e. The summed E-state index contributed by atoms with van der Waals surface area (Å²) in [4.78, 5) is 18.2. The van der Waals surface area contributed by atoms with E-state index < -0.39 is 31.7 Å². The molecule has 0 unspecified atom stereocenters. The zero-order valence-electron chi connectivity index (χ0n) is 17.4. The Bertz CT molecular complexity index is 1290. The van der Waals surface area contributed by atoms with Gasteiger partial charge in [0.05, 0.1) is 4.90 Å². The molecule has 3 aromatic carbocycles. The summed E-state index contributed by atoms with van der Waals surface area (Å²) in [6, 6.07) is 21.4. The van der Waals surface area contributed by atoms with Gasteiger partial charge in [0.2, 0.25) is 3.79 Å². The third-order valence-corrected chi connectivity index (χ3v) is 7.61. The van der Waals surface area contributed by atoms with Crippen molar-refractivity contribution < 1.29 is 13.2 Å². The summed E-state index contributed by atoms with van der Waals surface area (Å²) < 4.78 is 26.4. The van der Waals surface area contributed by atoms with Gasteiger partial charge in [0, 0.05) is 5.56 Å². The van der Waals surface area contributed by atoms with Crippen LogP contribution in [0.4, 0.5) is 0 Å². The molecule has 5 nitrogen and oxygen atoms in total. The van der Waals surface area contributed by atoms with Crippen LogP contribution in [0.3, 0.4) is 0 Å². The number of alkyl halides is 3. The molecule has 1 aliphatic rings. The molecular weight excluding hydrogens is 503 g/mol. The number of Topliss-reactive ketones (excluding diaryl/α,β-unsaturated/α-hetero) is 1. The fourth-order valence-electron chi connectivity index (χ4n) is 3.73. The second-order valence-electron chi connectivity index (χ2n) is 7.60. The predicted octanol–water partition coefficient (Wildman–Crippen LogP) is 5.76. The van der Waals surface area contributed by atoms with Gasteiger partial charge in [-0.25, -0.2) is 12.7 Å². The second kappa shape index (κ2) is 9.11. The van der Waals surface area contributed by atoms with E-state index in [1.807, 2.05) is 13.0 Å². The van der Waals surface area contributed by atoms with E-state index in [0.29, 0.717) is 11.1 Å². The Kier molecular flexibility index (Phi) is 6.56. The third-order valence-electron chi connectivity index (χ3n) is 5.32. The van der Waals surface area contributed by atoms with Crippen molar-refractivity contribution in [3.8, 4) is 0 Å². The molecule has 170 valence electrons. The molecule has 3 aromatic rings. The van der Waals surface area contributed by atoms with Gasteiger partial charge in [-0.05, 0) is 24.6 Å². The topological polar surface area (TPSA) is 66.8 Å². The maximum Gasteiger partial charge on any atom is 0.266 e. The number of benzene rings is 3. The van der Waals surface area contributed by atoms with E-state index >= 15 is 0 Å².